The van der Waals surface area contributed by atoms with Crippen molar-refractivity contribution in [1.82, 2.24) is 9.62 Å². The molecule has 1 N–H and O–H groups in total. The van der Waals surface area contributed by atoms with E-state index in [1.807, 2.05) is 0 Å². The Balaban J connectivity index is 2.50. The second-order valence-corrected chi connectivity index (χ2v) is 7.11. The van der Waals surface area contributed by atoms with Crippen molar-refractivity contribution < 1.29 is 22.3 Å². The Kier molecular flexibility index (Phi) is 8.15. The van der Waals surface area contributed by atoms with E-state index in [2.05, 4.69) is 5.32 Å². The van der Waals surface area contributed by atoms with Crippen molar-refractivity contribution >= 4 is 15.9 Å². The first-order valence-corrected chi connectivity index (χ1v) is 9.13. The number of nitrogens with one attached hydrogen (secondary N) is 1. The molecule has 0 saturated heterocycles. The van der Waals surface area contributed by atoms with Gasteiger partial charge in [-0.25, -0.2) is 17.1 Å². The highest BCUT2D eigenvalue weighted by Gasteiger charge is 2.17. The van der Waals surface area contributed by atoms with Crippen molar-refractivity contribution in [3.63, 3.8) is 0 Å². The number of carbonyl (C=O) groups is 1. The summed E-state index contributed by atoms with van der Waals surface area (Å²) in [5.74, 6) is -0.557. The van der Waals surface area contributed by atoms with E-state index in [4.69, 9.17) is 4.74 Å². The number of methoxy groups -OCH3 is 1. The molecule has 1 aromatic carbocycles. The molecule has 0 bridgehead atoms. The highest BCUT2D eigenvalue weighted by molar-refractivity contribution is 7.88. The number of ether oxygens (including phenoxy) is 1. The van der Waals surface area contributed by atoms with Crippen LogP contribution < -0.4 is 5.32 Å². The molecule has 0 aliphatic heterocycles. The third-order valence-electron chi connectivity index (χ3n) is 3.25. The third-order valence-corrected chi connectivity index (χ3v) is 4.55. The number of benzene rings is 1. The molecule has 0 aromatic heterocycles. The van der Waals surface area contributed by atoms with Crippen LogP contribution in [0.25, 0.3) is 0 Å². The number of nitrogens with zero attached hydrogens (tertiary/aromatic N) is 1. The van der Waals surface area contributed by atoms with Gasteiger partial charge in [0.25, 0.3) is 0 Å². The fraction of sp³-hybridized carbons (Fsp3) is 0.533. The highest BCUT2D eigenvalue weighted by atomic mass is 32.2. The smallest absolute Gasteiger partial charge is 0.221 e. The lowest BCUT2D eigenvalue weighted by molar-refractivity contribution is -0.121. The molecule has 0 aliphatic carbocycles. The number of amides is 1. The van der Waals surface area contributed by atoms with Crippen molar-refractivity contribution in [3.05, 3.63) is 35.6 Å². The maximum atomic E-state index is 12.9. The summed E-state index contributed by atoms with van der Waals surface area (Å²) in [6, 6.07) is 5.91. The number of rotatable bonds is 10. The lowest BCUT2D eigenvalue weighted by atomic mass is 10.1. The number of carbonyl (C=O) groups excluding carboxylic acids is 1. The van der Waals surface area contributed by atoms with E-state index in [1.54, 1.807) is 12.1 Å². The van der Waals surface area contributed by atoms with Crippen molar-refractivity contribution in [3.8, 4) is 0 Å². The Morgan fingerprint density at radius 3 is 2.48 bits per heavy atom. The van der Waals surface area contributed by atoms with Gasteiger partial charge in [0.15, 0.2) is 0 Å². The summed E-state index contributed by atoms with van der Waals surface area (Å²) in [5.41, 5.74) is 0.838. The van der Waals surface area contributed by atoms with Crippen LogP contribution in [0.3, 0.4) is 0 Å². The molecular formula is C15H23FN2O4S. The van der Waals surface area contributed by atoms with Crippen LogP contribution >= 0.6 is 0 Å². The second kappa shape index (κ2) is 9.59. The molecule has 0 radical (unpaired) electrons. The van der Waals surface area contributed by atoms with Gasteiger partial charge in [-0.05, 0) is 24.1 Å². The molecule has 0 saturated carbocycles. The molecule has 6 nitrogen and oxygen atoms in total. The van der Waals surface area contributed by atoms with E-state index < -0.39 is 10.0 Å². The van der Waals surface area contributed by atoms with Gasteiger partial charge in [-0.2, -0.15) is 0 Å². The first-order valence-electron chi connectivity index (χ1n) is 7.28. The minimum Gasteiger partial charge on any atom is -0.383 e. The van der Waals surface area contributed by atoms with Gasteiger partial charge < -0.3 is 10.1 Å². The van der Waals surface area contributed by atoms with Crippen LogP contribution in [0, 0.1) is 5.82 Å². The van der Waals surface area contributed by atoms with Crippen LogP contribution in [0.2, 0.25) is 0 Å². The van der Waals surface area contributed by atoms with E-state index in [0.29, 0.717) is 19.6 Å². The predicted octanol–water partition coefficient (Wildman–Crippen LogP) is 0.783. The Hall–Kier alpha value is -1.51. The Morgan fingerprint density at radius 1 is 1.26 bits per heavy atom. The van der Waals surface area contributed by atoms with Crippen LogP contribution in [0.5, 0.6) is 0 Å². The molecular weight excluding hydrogens is 323 g/mol. The topological polar surface area (TPSA) is 75.7 Å². The summed E-state index contributed by atoms with van der Waals surface area (Å²) < 4.78 is 42.5. The number of sulfonamides is 1. The van der Waals surface area contributed by atoms with Crippen molar-refractivity contribution in [2.24, 2.45) is 0 Å². The summed E-state index contributed by atoms with van der Waals surface area (Å²) in [6.45, 7) is 1.16. The average Bonchev–Trinajstić information content (AvgIpc) is 2.48. The van der Waals surface area contributed by atoms with Crippen LogP contribution in [0.4, 0.5) is 4.39 Å². The van der Waals surface area contributed by atoms with Gasteiger partial charge in [0.05, 0.1) is 12.9 Å². The molecule has 0 unspecified atom stereocenters. The van der Waals surface area contributed by atoms with Crippen molar-refractivity contribution in [1.29, 1.82) is 0 Å². The summed E-state index contributed by atoms with van der Waals surface area (Å²) in [5, 5.41) is 2.64. The summed E-state index contributed by atoms with van der Waals surface area (Å²) >= 11 is 0. The van der Waals surface area contributed by atoms with Gasteiger partial charge in [-0.15, -0.1) is 0 Å². The fourth-order valence-electron chi connectivity index (χ4n) is 1.96. The maximum Gasteiger partial charge on any atom is 0.221 e. The van der Waals surface area contributed by atoms with E-state index in [-0.39, 0.29) is 31.2 Å². The van der Waals surface area contributed by atoms with E-state index >= 15 is 0 Å². The summed E-state index contributed by atoms with van der Waals surface area (Å²) in [6.07, 6.45) is 1.65. The minimum absolute atomic E-state index is 0.0835. The monoisotopic (exact) mass is 346 g/mol. The Labute approximate surface area is 136 Å². The Morgan fingerprint density at radius 2 is 1.91 bits per heavy atom. The largest absolute Gasteiger partial charge is 0.383 e. The van der Waals surface area contributed by atoms with Crippen LogP contribution in [-0.2, 0) is 26.0 Å². The van der Waals surface area contributed by atoms with Gasteiger partial charge in [0, 0.05) is 33.2 Å². The summed E-state index contributed by atoms with van der Waals surface area (Å²) in [7, 11) is -1.87. The minimum atomic E-state index is -3.41. The average molecular weight is 346 g/mol. The van der Waals surface area contributed by atoms with Gasteiger partial charge in [0.2, 0.25) is 15.9 Å². The highest BCUT2D eigenvalue weighted by Crippen LogP contribution is 2.07. The fourth-order valence-corrected chi connectivity index (χ4v) is 2.80. The molecule has 8 heteroatoms. The van der Waals surface area contributed by atoms with Crippen LogP contribution in [0.15, 0.2) is 24.3 Å². The quantitative estimate of drug-likeness (QED) is 0.636. The molecule has 0 spiro atoms. The molecule has 0 atom stereocenters. The van der Waals surface area contributed by atoms with E-state index in [9.17, 15) is 17.6 Å². The number of halogens is 1. The zero-order valence-corrected chi connectivity index (χ0v) is 14.2. The Bertz CT molecular complexity index is 590. The van der Waals surface area contributed by atoms with Gasteiger partial charge in [0.1, 0.15) is 5.82 Å². The molecule has 1 aromatic rings. The first-order chi connectivity index (χ1) is 10.8. The van der Waals surface area contributed by atoms with E-state index in [1.165, 1.54) is 23.5 Å². The third kappa shape index (κ3) is 8.06. The molecule has 23 heavy (non-hydrogen) atoms. The molecule has 0 heterocycles. The molecule has 0 aliphatic rings. The maximum absolute atomic E-state index is 12.9. The molecule has 1 amide bonds. The normalized spacial score (nSPS) is 11.7. The predicted molar refractivity (Wildman–Crippen MR) is 86.0 cm³/mol. The zero-order valence-electron chi connectivity index (χ0n) is 13.4. The number of hydrogen-bond donors (Lipinski definition) is 1. The zero-order chi connectivity index (χ0) is 17.3. The molecule has 130 valence electrons. The first kappa shape index (κ1) is 19.5. The van der Waals surface area contributed by atoms with E-state index in [0.717, 1.165) is 11.8 Å². The van der Waals surface area contributed by atoms with Crippen LogP contribution in [-0.4, -0.2) is 58.2 Å². The van der Waals surface area contributed by atoms with Crippen molar-refractivity contribution in [2.45, 2.75) is 12.8 Å². The molecule has 0 fully saturated rings. The lowest BCUT2D eigenvalue weighted by Crippen LogP contribution is -2.36. The van der Waals surface area contributed by atoms with Gasteiger partial charge in [-0.3, -0.25) is 4.79 Å². The SMILES string of the molecule is COCCNC(=O)CCN(CCc1ccc(F)cc1)S(C)(=O)=O. The van der Waals surface area contributed by atoms with Crippen molar-refractivity contribution in [2.75, 3.05) is 39.6 Å². The second-order valence-electron chi connectivity index (χ2n) is 5.13. The van der Waals surface area contributed by atoms with Gasteiger partial charge in [-0.1, -0.05) is 12.1 Å². The van der Waals surface area contributed by atoms with Gasteiger partial charge >= 0.3 is 0 Å². The van der Waals surface area contributed by atoms with Crippen LogP contribution in [0.1, 0.15) is 12.0 Å². The lowest BCUT2D eigenvalue weighted by Gasteiger charge is -2.19. The number of hydrogen-bond acceptors (Lipinski definition) is 4. The standard InChI is InChI=1S/C15H23FN2O4S/c1-22-12-9-17-15(19)8-11-18(23(2,20)21)10-7-13-3-5-14(16)6-4-13/h3-6H,7-12H2,1-2H3,(H,17,19). The molecule has 1 rings (SSSR count). The summed E-state index contributed by atoms with van der Waals surface area (Å²) in [4.78, 5) is 11.6.